The predicted octanol–water partition coefficient (Wildman–Crippen LogP) is 2.38. The molecule has 0 bridgehead atoms. The van der Waals surface area contributed by atoms with Gasteiger partial charge in [0.25, 0.3) is 0 Å². The van der Waals surface area contributed by atoms with Gasteiger partial charge in [0, 0.05) is 25.2 Å². The quantitative estimate of drug-likeness (QED) is 0.721. The average Bonchev–Trinajstić information content (AvgIpc) is 2.43. The lowest BCUT2D eigenvalue weighted by atomic mass is 9.97. The lowest BCUT2D eigenvalue weighted by Crippen LogP contribution is -2.40. The number of nitrogens with zero attached hydrogens (tertiary/aromatic N) is 1. The van der Waals surface area contributed by atoms with Crippen molar-refractivity contribution in [3.05, 3.63) is 0 Å². The Morgan fingerprint density at radius 1 is 1.39 bits per heavy atom. The molecule has 2 aliphatic heterocycles. The maximum atomic E-state index is 12.1. The van der Waals surface area contributed by atoms with Gasteiger partial charge in [0.05, 0.1) is 0 Å². The van der Waals surface area contributed by atoms with E-state index >= 15 is 0 Å². The van der Waals surface area contributed by atoms with E-state index in [9.17, 15) is 4.79 Å². The minimum atomic E-state index is -0.399. The van der Waals surface area contributed by atoms with Crippen LogP contribution in [0.3, 0.4) is 0 Å². The first kappa shape index (κ1) is 13.7. The molecule has 0 aromatic rings. The standard InChI is InChI=1S/C14H26N2O2/c1-10-8-11-9-16(7-5-6-12(11)15-10)13(17)18-14(2,3)4/h10-12,15H,5-9H2,1-4H3. The zero-order valence-electron chi connectivity index (χ0n) is 12.0. The van der Waals surface area contributed by atoms with E-state index in [-0.39, 0.29) is 6.09 Å². The Morgan fingerprint density at radius 2 is 2.11 bits per heavy atom. The van der Waals surface area contributed by atoms with Crippen LogP contribution < -0.4 is 5.32 Å². The molecule has 4 heteroatoms. The van der Waals surface area contributed by atoms with Crippen molar-refractivity contribution < 1.29 is 9.53 Å². The van der Waals surface area contributed by atoms with E-state index in [0.29, 0.717) is 18.0 Å². The normalized spacial score (nSPS) is 32.9. The first-order chi connectivity index (χ1) is 8.35. The van der Waals surface area contributed by atoms with E-state index in [0.717, 1.165) is 19.5 Å². The number of carbonyl (C=O) groups is 1. The number of carbonyl (C=O) groups excluding carboxylic acids is 1. The first-order valence-electron chi connectivity index (χ1n) is 7.09. The van der Waals surface area contributed by atoms with Crippen molar-refractivity contribution in [3.8, 4) is 0 Å². The molecule has 0 aromatic carbocycles. The van der Waals surface area contributed by atoms with Crippen molar-refractivity contribution >= 4 is 6.09 Å². The highest BCUT2D eigenvalue weighted by Gasteiger charge is 2.36. The smallest absolute Gasteiger partial charge is 0.410 e. The molecule has 2 rings (SSSR count). The van der Waals surface area contributed by atoms with Gasteiger partial charge in [-0.1, -0.05) is 0 Å². The Morgan fingerprint density at radius 3 is 2.78 bits per heavy atom. The van der Waals surface area contributed by atoms with Gasteiger partial charge >= 0.3 is 6.09 Å². The molecule has 0 saturated carbocycles. The Hall–Kier alpha value is -0.770. The van der Waals surface area contributed by atoms with Crippen molar-refractivity contribution in [1.82, 2.24) is 10.2 Å². The summed E-state index contributed by atoms with van der Waals surface area (Å²) in [6.45, 7) is 9.67. The second-order valence-corrected chi connectivity index (χ2v) is 6.74. The molecule has 0 aliphatic carbocycles. The maximum absolute atomic E-state index is 12.1. The Kier molecular flexibility index (Phi) is 3.85. The van der Waals surface area contributed by atoms with Gasteiger partial charge in [0.2, 0.25) is 0 Å². The Bertz CT molecular complexity index is 311. The zero-order valence-corrected chi connectivity index (χ0v) is 12.0. The lowest BCUT2D eigenvalue weighted by molar-refractivity contribution is 0.0234. The summed E-state index contributed by atoms with van der Waals surface area (Å²) in [5.74, 6) is 0.593. The fourth-order valence-electron chi connectivity index (χ4n) is 3.08. The highest BCUT2D eigenvalue weighted by molar-refractivity contribution is 5.68. The summed E-state index contributed by atoms with van der Waals surface area (Å²) in [6, 6.07) is 1.17. The number of nitrogens with one attached hydrogen (secondary N) is 1. The van der Waals surface area contributed by atoms with Crippen LogP contribution in [-0.4, -0.2) is 41.8 Å². The SMILES string of the molecule is CC1CC2CN(C(=O)OC(C)(C)C)CCCC2N1. The van der Waals surface area contributed by atoms with Crippen LogP contribution in [0.4, 0.5) is 4.79 Å². The van der Waals surface area contributed by atoms with E-state index in [1.54, 1.807) is 0 Å². The van der Waals surface area contributed by atoms with Crippen LogP contribution in [0.15, 0.2) is 0 Å². The van der Waals surface area contributed by atoms with Crippen LogP contribution in [0.2, 0.25) is 0 Å². The molecule has 1 amide bonds. The molecule has 0 spiro atoms. The molecule has 1 N–H and O–H groups in total. The van der Waals surface area contributed by atoms with Gasteiger partial charge in [0.1, 0.15) is 5.60 Å². The van der Waals surface area contributed by atoms with E-state index in [2.05, 4.69) is 12.2 Å². The maximum Gasteiger partial charge on any atom is 0.410 e. The highest BCUT2D eigenvalue weighted by atomic mass is 16.6. The topological polar surface area (TPSA) is 41.6 Å². The molecule has 2 saturated heterocycles. The number of ether oxygens (including phenoxy) is 1. The van der Waals surface area contributed by atoms with Crippen molar-refractivity contribution in [2.45, 2.75) is 64.6 Å². The monoisotopic (exact) mass is 254 g/mol. The van der Waals surface area contributed by atoms with Gasteiger partial charge in [0.15, 0.2) is 0 Å². The molecule has 18 heavy (non-hydrogen) atoms. The molecule has 0 aromatic heterocycles. The molecular weight excluding hydrogens is 228 g/mol. The van der Waals surface area contributed by atoms with Gasteiger partial charge in [-0.2, -0.15) is 0 Å². The minimum Gasteiger partial charge on any atom is -0.444 e. The third kappa shape index (κ3) is 3.37. The van der Waals surface area contributed by atoms with Gasteiger partial charge < -0.3 is 15.0 Å². The fourth-order valence-corrected chi connectivity index (χ4v) is 3.08. The minimum absolute atomic E-state index is 0.150. The first-order valence-corrected chi connectivity index (χ1v) is 7.09. The molecule has 2 aliphatic rings. The molecule has 2 fully saturated rings. The predicted molar refractivity (Wildman–Crippen MR) is 71.5 cm³/mol. The molecule has 3 unspecified atom stereocenters. The van der Waals surface area contributed by atoms with Crippen molar-refractivity contribution in [2.24, 2.45) is 5.92 Å². The van der Waals surface area contributed by atoms with Crippen LogP contribution in [0.5, 0.6) is 0 Å². The van der Waals surface area contributed by atoms with Gasteiger partial charge in [-0.15, -0.1) is 0 Å². The Balaban J connectivity index is 1.96. The number of hydrogen-bond donors (Lipinski definition) is 1. The summed E-state index contributed by atoms with van der Waals surface area (Å²) in [4.78, 5) is 14.0. The van der Waals surface area contributed by atoms with Crippen LogP contribution in [0, 0.1) is 5.92 Å². The summed E-state index contributed by atoms with van der Waals surface area (Å²) in [6.07, 6.45) is 3.26. The second-order valence-electron chi connectivity index (χ2n) is 6.74. The Labute approximate surface area is 110 Å². The summed E-state index contributed by atoms with van der Waals surface area (Å²) < 4.78 is 5.47. The fraction of sp³-hybridized carbons (Fsp3) is 0.929. The largest absolute Gasteiger partial charge is 0.444 e. The third-order valence-electron chi connectivity index (χ3n) is 3.77. The lowest BCUT2D eigenvalue weighted by Gasteiger charge is -2.28. The van der Waals surface area contributed by atoms with E-state index in [1.807, 2.05) is 25.7 Å². The van der Waals surface area contributed by atoms with E-state index in [4.69, 9.17) is 4.74 Å². The van der Waals surface area contributed by atoms with Crippen LogP contribution in [-0.2, 0) is 4.74 Å². The number of fused-ring (bicyclic) bond motifs is 1. The average molecular weight is 254 g/mol. The third-order valence-corrected chi connectivity index (χ3v) is 3.77. The van der Waals surface area contributed by atoms with Crippen LogP contribution in [0.1, 0.15) is 47.0 Å². The number of rotatable bonds is 0. The van der Waals surface area contributed by atoms with Crippen molar-refractivity contribution in [1.29, 1.82) is 0 Å². The number of hydrogen-bond acceptors (Lipinski definition) is 3. The van der Waals surface area contributed by atoms with Gasteiger partial charge in [-0.05, 0) is 52.9 Å². The second kappa shape index (κ2) is 5.08. The molecule has 4 nitrogen and oxygen atoms in total. The molecular formula is C14H26N2O2. The molecule has 3 atom stereocenters. The summed E-state index contributed by atoms with van der Waals surface area (Å²) in [5, 5.41) is 3.62. The highest BCUT2D eigenvalue weighted by Crippen LogP contribution is 2.28. The zero-order chi connectivity index (χ0) is 13.3. The van der Waals surface area contributed by atoms with E-state index in [1.165, 1.54) is 12.8 Å². The summed E-state index contributed by atoms with van der Waals surface area (Å²) in [7, 11) is 0. The molecule has 0 radical (unpaired) electrons. The van der Waals surface area contributed by atoms with Crippen LogP contribution >= 0.6 is 0 Å². The van der Waals surface area contributed by atoms with Gasteiger partial charge in [-0.3, -0.25) is 0 Å². The number of amides is 1. The van der Waals surface area contributed by atoms with Crippen molar-refractivity contribution in [2.75, 3.05) is 13.1 Å². The summed E-state index contributed by atoms with van der Waals surface area (Å²) >= 11 is 0. The van der Waals surface area contributed by atoms with Gasteiger partial charge in [-0.25, -0.2) is 4.79 Å². The number of likely N-dealkylation sites (tertiary alicyclic amines) is 1. The molecule has 2 heterocycles. The van der Waals surface area contributed by atoms with E-state index < -0.39 is 5.60 Å². The van der Waals surface area contributed by atoms with Crippen LogP contribution in [0.25, 0.3) is 0 Å². The summed E-state index contributed by atoms with van der Waals surface area (Å²) in [5.41, 5.74) is -0.399. The molecule has 104 valence electrons. The van der Waals surface area contributed by atoms with Crippen molar-refractivity contribution in [3.63, 3.8) is 0 Å².